The van der Waals surface area contributed by atoms with Crippen molar-refractivity contribution in [3.05, 3.63) is 66.0 Å². The van der Waals surface area contributed by atoms with E-state index in [1.54, 1.807) is 30.6 Å². The van der Waals surface area contributed by atoms with Crippen molar-refractivity contribution < 1.29 is 10.2 Å². The Kier molecular flexibility index (Phi) is 3.03. The van der Waals surface area contributed by atoms with Gasteiger partial charge < -0.3 is 15.2 Å². The number of H-pyrrole nitrogens is 1. The third-order valence-corrected chi connectivity index (χ3v) is 3.23. The van der Waals surface area contributed by atoms with Gasteiger partial charge in [0.15, 0.2) is 0 Å². The molecule has 0 radical (unpaired) electrons. The summed E-state index contributed by atoms with van der Waals surface area (Å²) in [6.45, 7) is 0. The Bertz CT molecular complexity index is 679. The first kappa shape index (κ1) is 11.9. The van der Waals surface area contributed by atoms with Crippen molar-refractivity contribution in [1.82, 2.24) is 9.97 Å². The highest BCUT2D eigenvalue weighted by Crippen LogP contribution is 2.29. The van der Waals surface area contributed by atoms with Gasteiger partial charge in [-0.2, -0.15) is 0 Å². The maximum Gasteiger partial charge on any atom is 0.109 e. The van der Waals surface area contributed by atoms with E-state index in [4.69, 9.17) is 0 Å². The minimum atomic E-state index is -0.963. The van der Waals surface area contributed by atoms with Crippen LogP contribution in [0.5, 0.6) is 0 Å². The second-order valence-electron chi connectivity index (χ2n) is 4.48. The molecule has 4 nitrogen and oxygen atoms in total. The van der Waals surface area contributed by atoms with E-state index in [1.807, 2.05) is 24.3 Å². The van der Waals surface area contributed by atoms with Gasteiger partial charge in [-0.25, -0.2) is 4.98 Å². The third kappa shape index (κ3) is 2.23. The van der Waals surface area contributed by atoms with Gasteiger partial charge in [-0.1, -0.05) is 36.4 Å². The number of benzene rings is 2. The van der Waals surface area contributed by atoms with Crippen LogP contribution in [0.25, 0.3) is 11.0 Å². The molecule has 1 aromatic heterocycles. The molecule has 3 N–H and O–H groups in total. The van der Waals surface area contributed by atoms with E-state index in [0.29, 0.717) is 11.1 Å². The van der Waals surface area contributed by atoms with Crippen LogP contribution in [0, 0.1) is 0 Å². The Labute approximate surface area is 110 Å². The van der Waals surface area contributed by atoms with Crippen molar-refractivity contribution in [2.75, 3.05) is 0 Å². The largest absolute Gasteiger partial charge is 0.385 e. The molecule has 2 atom stereocenters. The normalized spacial score (nSPS) is 14.4. The molecule has 0 amide bonds. The van der Waals surface area contributed by atoms with Crippen LogP contribution in [0.1, 0.15) is 23.3 Å². The molecule has 2 aromatic carbocycles. The van der Waals surface area contributed by atoms with Crippen LogP contribution in [-0.4, -0.2) is 20.2 Å². The van der Waals surface area contributed by atoms with Crippen molar-refractivity contribution in [2.24, 2.45) is 0 Å². The smallest absolute Gasteiger partial charge is 0.109 e. The minimum absolute atomic E-state index is 0.660. The lowest BCUT2D eigenvalue weighted by molar-refractivity contribution is 0.0173. The SMILES string of the molecule is OC(c1ccccc1)C(O)c1ccc2nc[nH]c2c1. The van der Waals surface area contributed by atoms with Crippen LogP contribution in [0.3, 0.4) is 0 Å². The molecule has 0 spiro atoms. The molecule has 3 aromatic rings. The highest BCUT2D eigenvalue weighted by Gasteiger charge is 2.20. The van der Waals surface area contributed by atoms with Gasteiger partial charge in [0, 0.05) is 0 Å². The van der Waals surface area contributed by atoms with Gasteiger partial charge in [0.05, 0.1) is 17.4 Å². The summed E-state index contributed by atoms with van der Waals surface area (Å²) in [6.07, 6.45) is -0.300. The zero-order chi connectivity index (χ0) is 13.2. The molecular weight excluding hydrogens is 240 g/mol. The summed E-state index contributed by atoms with van der Waals surface area (Å²) in [6, 6.07) is 14.5. The Hall–Kier alpha value is -2.17. The number of imidazole rings is 1. The Morgan fingerprint density at radius 2 is 1.63 bits per heavy atom. The van der Waals surface area contributed by atoms with E-state index in [2.05, 4.69) is 9.97 Å². The first-order chi connectivity index (χ1) is 9.25. The van der Waals surface area contributed by atoms with Gasteiger partial charge in [-0.3, -0.25) is 0 Å². The average molecular weight is 254 g/mol. The molecule has 3 rings (SSSR count). The number of aliphatic hydroxyl groups excluding tert-OH is 2. The molecule has 19 heavy (non-hydrogen) atoms. The summed E-state index contributed by atoms with van der Waals surface area (Å²) in [4.78, 5) is 7.11. The number of rotatable bonds is 3. The van der Waals surface area contributed by atoms with Gasteiger partial charge in [0.25, 0.3) is 0 Å². The van der Waals surface area contributed by atoms with E-state index in [-0.39, 0.29) is 0 Å². The lowest BCUT2D eigenvalue weighted by Crippen LogP contribution is -2.10. The molecule has 4 heteroatoms. The first-order valence-corrected chi connectivity index (χ1v) is 6.10. The number of aromatic nitrogens is 2. The van der Waals surface area contributed by atoms with Gasteiger partial charge in [-0.15, -0.1) is 0 Å². The van der Waals surface area contributed by atoms with Crippen LogP contribution in [0.15, 0.2) is 54.9 Å². The van der Waals surface area contributed by atoms with E-state index in [0.717, 1.165) is 11.0 Å². The van der Waals surface area contributed by atoms with Gasteiger partial charge in [-0.05, 0) is 23.3 Å². The molecule has 2 unspecified atom stereocenters. The highest BCUT2D eigenvalue weighted by atomic mass is 16.3. The second kappa shape index (κ2) is 4.84. The summed E-state index contributed by atoms with van der Waals surface area (Å²) < 4.78 is 0. The van der Waals surface area contributed by atoms with Crippen LogP contribution < -0.4 is 0 Å². The van der Waals surface area contributed by atoms with E-state index in [1.165, 1.54) is 0 Å². The molecular formula is C15H14N2O2. The number of fused-ring (bicyclic) bond motifs is 1. The minimum Gasteiger partial charge on any atom is -0.385 e. The molecule has 0 aliphatic rings. The number of hydrogen-bond donors (Lipinski definition) is 3. The second-order valence-corrected chi connectivity index (χ2v) is 4.48. The highest BCUT2D eigenvalue weighted by molar-refractivity contribution is 5.75. The monoisotopic (exact) mass is 254 g/mol. The number of aliphatic hydroxyl groups is 2. The van der Waals surface area contributed by atoms with Gasteiger partial charge in [0.1, 0.15) is 12.2 Å². The maximum absolute atomic E-state index is 10.3. The van der Waals surface area contributed by atoms with E-state index in [9.17, 15) is 10.2 Å². The number of aromatic amines is 1. The van der Waals surface area contributed by atoms with Gasteiger partial charge >= 0.3 is 0 Å². The van der Waals surface area contributed by atoms with Crippen molar-refractivity contribution >= 4 is 11.0 Å². The quantitative estimate of drug-likeness (QED) is 0.672. The summed E-state index contributed by atoms with van der Waals surface area (Å²) in [5.74, 6) is 0. The van der Waals surface area contributed by atoms with Crippen LogP contribution in [-0.2, 0) is 0 Å². The average Bonchev–Trinajstić information content (AvgIpc) is 2.94. The molecule has 1 heterocycles. The predicted molar refractivity (Wildman–Crippen MR) is 72.5 cm³/mol. The molecule has 0 saturated heterocycles. The fourth-order valence-electron chi connectivity index (χ4n) is 2.15. The summed E-state index contributed by atoms with van der Waals surface area (Å²) in [5, 5.41) is 20.4. The zero-order valence-electron chi connectivity index (χ0n) is 10.2. The number of nitrogens with one attached hydrogen (secondary N) is 1. The van der Waals surface area contributed by atoms with Crippen LogP contribution in [0.4, 0.5) is 0 Å². The van der Waals surface area contributed by atoms with Crippen molar-refractivity contribution in [1.29, 1.82) is 0 Å². The summed E-state index contributed by atoms with van der Waals surface area (Å²) >= 11 is 0. The van der Waals surface area contributed by atoms with Crippen molar-refractivity contribution in [3.63, 3.8) is 0 Å². The van der Waals surface area contributed by atoms with Crippen molar-refractivity contribution in [3.8, 4) is 0 Å². The Morgan fingerprint density at radius 1 is 0.895 bits per heavy atom. The van der Waals surface area contributed by atoms with Crippen molar-refractivity contribution in [2.45, 2.75) is 12.2 Å². The van der Waals surface area contributed by atoms with Gasteiger partial charge in [0.2, 0.25) is 0 Å². The molecule has 0 saturated carbocycles. The molecule has 0 fully saturated rings. The van der Waals surface area contributed by atoms with Crippen LogP contribution in [0.2, 0.25) is 0 Å². The van der Waals surface area contributed by atoms with E-state index >= 15 is 0 Å². The zero-order valence-corrected chi connectivity index (χ0v) is 10.2. The number of nitrogens with zero attached hydrogens (tertiary/aromatic N) is 1. The van der Waals surface area contributed by atoms with E-state index < -0.39 is 12.2 Å². The first-order valence-electron chi connectivity index (χ1n) is 6.10. The molecule has 0 aliphatic carbocycles. The molecule has 0 bridgehead atoms. The Morgan fingerprint density at radius 3 is 2.42 bits per heavy atom. The topological polar surface area (TPSA) is 69.1 Å². The predicted octanol–water partition coefficient (Wildman–Crippen LogP) is 2.33. The summed E-state index contributed by atoms with van der Waals surface area (Å²) in [7, 11) is 0. The molecule has 96 valence electrons. The fourth-order valence-corrected chi connectivity index (χ4v) is 2.15. The Balaban J connectivity index is 1.92. The molecule has 0 aliphatic heterocycles. The third-order valence-electron chi connectivity index (χ3n) is 3.23. The lowest BCUT2D eigenvalue weighted by atomic mass is 9.98. The fraction of sp³-hybridized carbons (Fsp3) is 0.133. The number of hydrogen-bond acceptors (Lipinski definition) is 3. The maximum atomic E-state index is 10.3. The lowest BCUT2D eigenvalue weighted by Gasteiger charge is -2.18. The van der Waals surface area contributed by atoms with Crippen LogP contribution >= 0.6 is 0 Å². The standard InChI is InChI=1S/C15H14N2O2/c18-14(10-4-2-1-3-5-10)15(19)11-6-7-12-13(8-11)17-9-16-12/h1-9,14-15,18-19H,(H,16,17). The summed E-state index contributed by atoms with van der Waals surface area (Å²) in [5.41, 5.74) is 3.04.